The van der Waals surface area contributed by atoms with Crippen LogP contribution in [0.25, 0.3) is 0 Å². The highest BCUT2D eigenvalue weighted by Crippen LogP contribution is 2.19. The van der Waals surface area contributed by atoms with Gasteiger partial charge in [-0.1, -0.05) is 47.5 Å². The van der Waals surface area contributed by atoms with Crippen LogP contribution in [0.5, 0.6) is 0 Å². The lowest BCUT2D eigenvalue weighted by atomic mass is 10.2. The molecule has 0 atom stereocenters. The lowest BCUT2D eigenvalue weighted by Crippen LogP contribution is -2.18. The number of nitrogens with one attached hydrogen (secondary N) is 1. The van der Waals surface area contributed by atoms with Gasteiger partial charge in [0, 0.05) is 10.6 Å². The van der Waals surface area contributed by atoms with Crippen LogP contribution in [-0.2, 0) is 10.0 Å². The summed E-state index contributed by atoms with van der Waals surface area (Å²) in [4.78, 5) is 2.25. The first kappa shape index (κ1) is 14.8. The minimum Gasteiger partial charge on any atom is -0.200 e. The van der Waals surface area contributed by atoms with E-state index in [1.165, 1.54) is 18.3 Å². The predicted octanol–water partition coefficient (Wildman–Crippen LogP) is 3.31. The van der Waals surface area contributed by atoms with Crippen LogP contribution in [0.1, 0.15) is 5.56 Å². The van der Waals surface area contributed by atoms with E-state index in [2.05, 4.69) is 9.93 Å². The second-order valence-electron chi connectivity index (χ2n) is 3.83. The van der Waals surface area contributed by atoms with E-state index in [0.29, 0.717) is 15.6 Å². The van der Waals surface area contributed by atoms with Gasteiger partial charge in [0.25, 0.3) is 10.0 Å². The summed E-state index contributed by atoms with van der Waals surface area (Å²) in [6.07, 6.45) is 1.32. The van der Waals surface area contributed by atoms with Crippen LogP contribution < -0.4 is 4.83 Å². The minimum absolute atomic E-state index is 0.138. The Morgan fingerprint density at radius 3 is 2.40 bits per heavy atom. The van der Waals surface area contributed by atoms with Crippen molar-refractivity contribution in [2.75, 3.05) is 0 Å². The molecule has 0 radical (unpaired) electrons. The molecule has 0 spiro atoms. The highest BCUT2D eigenvalue weighted by molar-refractivity contribution is 7.89. The molecule has 4 nitrogen and oxygen atoms in total. The van der Waals surface area contributed by atoms with Crippen molar-refractivity contribution in [3.05, 3.63) is 64.1 Å². The lowest BCUT2D eigenvalue weighted by Gasteiger charge is -2.03. The van der Waals surface area contributed by atoms with E-state index >= 15 is 0 Å². The maximum atomic E-state index is 11.9. The van der Waals surface area contributed by atoms with E-state index in [1.807, 2.05) is 0 Å². The Morgan fingerprint density at radius 2 is 1.75 bits per heavy atom. The molecule has 0 bridgehead atoms. The largest absolute Gasteiger partial charge is 0.276 e. The number of hydrogen-bond donors (Lipinski definition) is 1. The number of rotatable bonds is 4. The van der Waals surface area contributed by atoms with E-state index in [0.717, 1.165) is 0 Å². The summed E-state index contributed by atoms with van der Waals surface area (Å²) >= 11 is 11.7. The number of nitrogens with zero attached hydrogens (tertiary/aromatic N) is 1. The van der Waals surface area contributed by atoms with Crippen LogP contribution in [0, 0.1) is 0 Å². The average molecular weight is 329 g/mol. The van der Waals surface area contributed by atoms with Gasteiger partial charge < -0.3 is 0 Å². The Bertz CT molecular complexity index is 731. The van der Waals surface area contributed by atoms with E-state index in [4.69, 9.17) is 23.2 Å². The van der Waals surface area contributed by atoms with Crippen LogP contribution in [0.15, 0.2) is 58.5 Å². The summed E-state index contributed by atoms with van der Waals surface area (Å²) in [6.45, 7) is 0. The van der Waals surface area contributed by atoms with Gasteiger partial charge in [0.2, 0.25) is 0 Å². The first-order chi connectivity index (χ1) is 9.49. The van der Waals surface area contributed by atoms with Crippen molar-refractivity contribution in [2.24, 2.45) is 5.10 Å². The molecule has 0 aliphatic carbocycles. The second kappa shape index (κ2) is 6.26. The molecule has 2 rings (SSSR count). The molecule has 2 aromatic carbocycles. The monoisotopic (exact) mass is 328 g/mol. The van der Waals surface area contributed by atoms with Gasteiger partial charge >= 0.3 is 0 Å². The van der Waals surface area contributed by atoms with Gasteiger partial charge in [0.1, 0.15) is 0 Å². The van der Waals surface area contributed by atoms with Crippen LogP contribution in [0.4, 0.5) is 0 Å². The second-order valence-corrected chi connectivity index (χ2v) is 6.34. The number of halogens is 2. The van der Waals surface area contributed by atoms with Crippen molar-refractivity contribution >= 4 is 39.4 Å². The van der Waals surface area contributed by atoms with E-state index in [1.54, 1.807) is 36.4 Å². The van der Waals surface area contributed by atoms with E-state index in [9.17, 15) is 8.42 Å². The fourth-order valence-corrected chi connectivity index (χ4v) is 2.69. The molecule has 0 aromatic heterocycles. The molecule has 0 aliphatic rings. The topological polar surface area (TPSA) is 58.5 Å². The van der Waals surface area contributed by atoms with E-state index in [-0.39, 0.29) is 4.90 Å². The third-order valence-corrected chi connectivity index (χ3v) is 4.19. The molecule has 0 saturated carbocycles. The smallest absolute Gasteiger partial charge is 0.200 e. The maximum absolute atomic E-state index is 11.9. The molecule has 0 unspecified atom stereocenters. The fraction of sp³-hybridized carbons (Fsp3) is 0. The molecule has 2 aromatic rings. The zero-order valence-electron chi connectivity index (χ0n) is 10.1. The van der Waals surface area contributed by atoms with Gasteiger partial charge in [-0.3, -0.25) is 0 Å². The fourth-order valence-electron chi connectivity index (χ4n) is 1.42. The summed E-state index contributed by atoms with van der Waals surface area (Å²) in [5, 5.41) is 4.58. The molecule has 0 heterocycles. The molecule has 7 heteroatoms. The van der Waals surface area contributed by atoms with Gasteiger partial charge in [0.15, 0.2) is 0 Å². The van der Waals surface area contributed by atoms with Crippen molar-refractivity contribution < 1.29 is 8.42 Å². The Hall–Kier alpha value is -1.56. The lowest BCUT2D eigenvalue weighted by molar-refractivity contribution is 0.584. The molecule has 0 amide bonds. The summed E-state index contributed by atoms with van der Waals surface area (Å²) in [5.41, 5.74) is 0.562. The Morgan fingerprint density at radius 1 is 1.05 bits per heavy atom. The molecular weight excluding hydrogens is 319 g/mol. The van der Waals surface area contributed by atoms with Gasteiger partial charge in [-0.25, -0.2) is 4.83 Å². The van der Waals surface area contributed by atoms with Gasteiger partial charge in [-0.2, -0.15) is 13.5 Å². The van der Waals surface area contributed by atoms with Gasteiger partial charge in [-0.05, 0) is 24.3 Å². The summed E-state index contributed by atoms with van der Waals surface area (Å²) < 4.78 is 23.8. The highest BCUT2D eigenvalue weighted by atomic mass is 35.5. The van der Waals surface area contributed by atoms with Crippen LogP contribution in [-0.4, -0.2) is 14.6 Å². The standard InChI is InChI=1S/C13H10Cl2N2O2S/c14-11-7-6-10(13(15)8-11)9-16-17-20(18,19)12-4-2-1-3-5-12/h1-9,17H. The van der Waals surface area contributed by atoms with Gasteiger partial charge in [-0.15, -0.1) is 0 Å². The van der Waals surface area contributed by atoms with Crippen LogP contribution in [0.2, 0.25) is 10.0 Å². The van der Waals surface area contributed by atoms with Crippen LogP contribution in [0.3, 0.4) is 0 Å². The molecule has 0 aliphatic heterocycles. The number of hydrogen-bond acceptors (Lipinski definition) is 3. The van der Waals surface area contributed by atoms with Crippen molar-refractivity contribution in [1.29, 1.82) is 0 Å². The quantitative estimate of drug-likeness (QED) is 0.691. The van der Waals surface area contributed by atoms with Crippen molar-refractivity contribution in [1.82, 2.24) is 4.83 Å². The third kappa shape index (κ3) is 3.72. The first-order valence-electron chi connectivity index (χ1n) is 5.54. The summed E-state index contributed by atoms with van der Waals surface area (Å²) in [5.74, 6) is 0. The molecule has 0 fully saturated rings. The van der Waals surface area contributed by atoms with Gasteiger partial charge in [0.05, 0.1) is 16.1 Å². The maximum Gasteiger partial charge on any atom is 0.276 e. The zero-order valence-corrected chi connectivity index (χ0v) is 12.5. The minimum atomic E-state index is -3.67. The molecule has 20 heavy (non-hydrogen) atoms. The average Bonchev–Trinajstić information content (AvgIpc) is 2.42. The molecule has 1 N–H and O–H groups in total. The summed E-state index contributed by atoms with van der Waals surface area (Å²) in [7, 11) is -3.67. The van der Waals surface area contributed by atoms with E-state index < -0.39 is 10.0 Å². The highest BCUT2D eigenvalue weighted by Gasteiger charge is 2.11. The number of hydrazone groups is 1. The Labute approximate surface area is 127 Å². The molecular formula is C13H10Cl2N2O2S. The normalized spacial score (nSPS) is 11.7. The number of sulfonamides is 1. The van der Waals surface area contributed by atoms with Crippen molar-refractivity contribution in [3.63, 3.8) is 0 Å². The van der Waals surface area contributed by atoms with Crippen molar-refractivity contribution in [3.8, 4) is 0 Å². The Balaban J connectivity index is 2.14. The molecule has 0 saturated heterocycles. The zero-order chi connectivity index (χ0) is 14.6. The summed E-state index contributed by atoms with van der Waals surface area (Å²) in [6, 6.07) is 12.8. The van der Waals surface area contributed by atoms with Crippen molar-refractivity contribution in [2.45, 2.75) is 4.90 Å². The molecule has 104 valence electrons. The number of benzene rings is 2. The third-order valence-electron chi connectivity index (χ3n) is 2.39. The Kier molecular flexibility index (Phi) is 4.65. The van der Waals surface area contributed by atoms with Crippen LogP contribution >= 0.6 is 23.2 Å². The SMILES string of the molecule is O=S(=O)(NN=Cc1ccc(Cl)cc1Cl)c1ccccc1. The predicted molar refractivity (Wildman–Crippen MR) is 80.8 cm³/mol. The first-order valence-corrected chi connectivity index (χ1v) is 7.78.